The van der Waals surface area contributed by atoms with Gasteiger partial charge in [-0.25, -0.2) is 8.78 Å². The van der Waals surface area contributed by atoms with Gasteiger partial charge in [-0.2, -0.15) is 0 Å². The molecule has 8 heteroatoms. The first-order chi connectivity index (χ1) is 10.6. The molecule has 0 saturated carbocycles. The monoisotopic (exact) mass is 313 g/mol. The molecule has 6 nitrogen and oxygen atoms in total. The Morgan fingerprint density at radius 3 is 2.55 bits per heavy atom. The van der Waals surface area contributed by atoms with Crippen molar-refractivity contribution in [3.8, 4) is 0 Å². The van der Waals surface area contributed by atoms with Crippen LogP contribution < -0.4 is 16.0 Å². The summed E-state index contributed by atoms with van der Waals surface area (Å²) in [5, 5.41) is 7.94. The van der Waals surface area contributed by atoms with Crippen LogP contribution in [0.1, 0.15) is 10.4 Å². The maximum absolute atomic E-state index is 13.4. The number of hydrogen-bond acceptors (Lipinski definition) is 4. The van der Waals surface area contributed by atoms with E-state index in [1.165, 1.54) is 6.07 Å². The third-order valence-electron chi connectivity index (χ3n) is 3.14. The van der Waals surface area contributed by atoms with E-state index < -0.39 is 29.1 Å². The van der Waals surface area contributed by atoms with Crippen LogP contribution in [0.4, 0.5) is 8.78 Å². The third kappa shape index (κ3) is 4.22. The van der Waals surface area contributed by atoms with E-state index in [-0.39, 0.29) is 19.0 Å². The minimum absolute atomic E-state index is 0.0614. The van der Waals surface area contributed by atoms with E-state index in [0.717, 1.165) is 12.1 Å². The van der Waals surface area contributed by atoms with Gasteiger partial charge >= 0.3 is 0 Å². The van der Waals surface area contributed by atoms with Crippen LogP contribution in [0, 0.1) is 11.6 Å². The number of carbonyl (C=O) groups excluding carboxylic acids is 2. The molecule has 2 rings (SSSR count). The van der Waals surface area contributed by atoms with E-state index in [1.54, 1.807) is 0 Å². The minimum Gasteiger partial charge on any atom is -0.378 e. The summed E-state index contributed by atoms with van der Waals surface area (Å²) in [6.45, 7) is 1.67. The van der Waals surface area contributed by atoms with Crippen molar-refractivity contribution in [1.29, 1.82) is 0 Å². The zero-order valence-electron chi connectivity index (χ0n) is 11.8. The summed E-state index contributed by atoms with van der Waals surface area (Å²) in [5.41, 5.74) is -0.629. The van der Waals surface area contributed by atoms with Crippen LogP contribution >= 0.6 is 0 Å². The largest absolute Gasteiger partial charge is 0.378 e. The first-order valence-corrected chi connectivity index (χ1v) is 6.90. The maximum atomic E-state index is 13.4. The molecule has 0 aromatic heterocycles. The van der Waals surface area contributed by atoms with Gasteiger partial charge in [0.2, 0.25) is 5.91 Å². The van der Waals surface area contributed by atoms with Gasteiger partial charge in [0.05, 0.1) is 13.2 Å². The number of nitrogens with one attached hydrogen (secondary N) is 3. The molecule has 2 amide bonds. The van der Waals surface area contributed by atoms with E-state index in [9.17, 15) is 18.4 Å². The molecular formula is C14H17F2N3O3. The summed E-state index contributed by atoms with van der Waals surface area (Å²) in [5.74, 6) is -2.95. The van der Waals surface area contributed by atoms with E-state index in [1.807, 2.05) is 0 Å². The Labute approximate surface area is 126 Å². The number of carbonyl (C=O) groups is 2. The van der Waals surface area contributed by atoms with Crippen molar-refractivity contribution in [2.45, 2.75) is 6.04 Å². The molecule has 1 unspecified atom stereocenters. The topological polar surface area (TPSA) is 79.5 Å². The Kier molecular flexibility index (Phi) is 5.79. The number of halogens is 2. The van der Waals surface area contributed by atoms with Gasteiger partial charge in [0.25, 0.3) is 5.91 Å². The third-order valence-corrected chi connectivity index (χ3v) is 3.14. The summed E-state index contributed by atoms with van der Waals surface area (Å²) in [6.07, 6.45) is 0. The lowest BCUT2D eigenvalue weighted by Crippen LogP contribution is -2.52. The van der Waals surface area contributed by atoms with Gasteiger partial charge in [0, 0.05) is 19.6 Å². The fraction of sp³-hybridized carbons (Fsp3) is 0.429. The standard InChI is InChI=1S/C14H17F2N3O3/c15-9-2-1-3-10(16)12(9)14(21)19-5-4-18-13(20)11-8-22-7-6-17-11/h1-3,11,17H,4-8H2,(H,18,20)(H,19,21). The van der Waals surface area contributed by atoms with Gasteiger partial charge in [0.15, 0.2) is 0 Å². The van der Waals surface area contributed by atoms with Crippen LogP contribution in [0.2, 0.25) is 0 Å². The molecule has 1 heterocycles. The predicted octanol–water partition coefficient (Wildman–Crippen LogP) is -0.201. The molecular weight excluding hydrogens is 296 g/mol. The molecule has 1 aliphatic rings. The molecule has 0 radical (unpaired) electrons. The smallest absolute Gasteiger partial charge is 0.257 e. The van der Waals surface area contributed by atoms with Crippen LogP contribution in [-0.4, -0.2) is 50.7 Å². The Morgan fingerprint density at radius 1 is 1.23 bits per heavy atom. The van der Waals surface area contributed by atoms with Gasteiger partial charge in [0.1, 0.15) is 23.2 Å². The number of amides is 2. The molecule has 0 aliphatic carbocycles. The Morgan fingerprint density at radius 2 is 1.91 bits per heavy atom. The fourth-order valence-corrected chi connectivity index (χ4v) is 2.02. The fourth-order valence-electron chi connectivity index (χ4n) is 2.02. The summed E-state index contributed by atoms with van der Waals surface area (Å²) in [4.78, 5) is 23.4. The summed E-state index contributed by atoms with van der Waals surface area (Å²) < 4.78 is 31.9. The molecule has 0 bridgehead atoms. The average molecular weight is 313 g/mol. The minimum atomic E-state index is -0.926. The second-order valence-electron chi connectivity index (χ2n) is 4.73. The van der Waals surface area contributed by atoms with Crippen LogP contribution in [0.5, 0.6) is 0 Å². The normalized spacial score (nSPS) is 17.8. The van der Waals surface area contributed by atoms with Crippen molar-refractivity contribution in [2.75, 3.05) is 32.8 Å². The van der Waals surface area contributed by atoms with Gasteiger partial charge in [-0.05, 0) is 12.1 Å². The highest BCUT2D eigenvalue weighted by molar-refractivity contribution is 5.94. The molecule has 1 aromatic rings. The SMILES string of the molecule is O=C(NCCNC(=O)C1COCCN1)c1c(F)cccc1F. The quantitative estimate of drug-likeness (QED) is 0.658. The highest BCUT2D eigenvalue weighted by atomic mass is 19.1. The lowest BCUT2D eigenvalue weighted by Gasteiger charge is -2.22. The van der Waals surface area contributed by atoms with Crippen molar-refractivity contribution in [3.63, 3.8) is 0 Å². The van der Waals surface area contributed by atoms with E-state index in [4.69, 9.17) is 4.74 Å². The zero-order valence-corrected chi connectivity index (χ0v) is 11.8. The Hall–Kier alpha value is -2.06. The van der Waals surface area contributed by atoms with Crippen LogP contribution in [0.15, 0.2) is 18.2 Å². The van der Waals surface area contributed by atoms with Crippen molar-refractivity contribution < 1.29 is 23.1 Å². The Bertz CT molecular complexity index is 528. The number of hydrogen-bond donors (Lipinski definition) is 3. The van der Waals surface area contributed by atoms with Gasteiger partial charge < -0.3 is 20.7 Å². The van der Waals surface area contributed by atoms with Gasteiger partial charge in [-0.1, -0.05) is 6.07 Å². The molecule has 1 atom stereocenters. The second kappa shape index (κ2) is 7.81. The molecule has 1 saturated heterocycles. The lowest BCUT2D eigenvalue weighted by molar-refractivity contribution is -0.125. The molecule has 3 N–H and O–H groups in total. The summed E-state index contributed by atoms with van der Waals surface area (Å²) in [6, 6.07) is 2.78. The molecule has 1 aliphatic heterocycles. The lowest BCUT2D eigenvalue weighted by atomic mass is 10.2. The second-order valence-corrected chi connectivity index (χ2v) is 4.73. The predicted molar refractivity (Wildman–Crippen MR) is 74.3 cm³/mol. The van der Waals surface area contributed by atoms with E-state index >= 15 is 0 Å². The van der Waals surface area contributed by atoms with Crippen molar-refractivity contribution >= 4 is 11.8 Å². The van der Waals surface area contributed by atoms with Crippen LogP contribution in [0.25, 0.3) is 0 Å². The maximum Gasteiger partial charge on any atom is 0.257 e. The first-order valence-electron chi connectivity index (χ1n) is 6.90. The van der Waals surface area contributed by atoms with E-state index in [2.05, 4.69) is 16.0 Å². The molecule has 22 heavy (non-hydrogen) atoms. The zero-order chi connectivity index (χ0) is 15.9. The van der Waals surface area contributed by atoms with Crippen LogP contribution in [0.3, 0.4) is 0 Å². The van der Waals surface area contributed by atoms with Gasteiger partial charge in [-0.3, -0.25) is 9.59 Å². The number of ether oxygens (including phenoxy) is 1. The highest BCUT2D eigenvalue weighted by Gasteiger charge is 2.21. The first kappa shape index (κ1) is 16.3. The van der Waals surface area contributed by atoms with Crippen molar-refractivity contribution in [2.24, 2.45) is 0 Å². The van der Waals surface area contributed by atoms with E-state index in [0.29, 0.717) is 19.8 Å². The number of benzene rings is 1. The van der Waals surface area contributed by atoms with Crippen molar-refractivity contribution in [1.82, 2.24) is 16.0 Å². The molecule has 120 valence electrons. The summed E-state index contributed by atoms with van der Waals surface area (Å²) in [7, 11) is 0. The molecule has 1 aromatic carbocycles. The van der Waals surface area contributed by atoms with Gasteiger partial charge in [-0.15, -0.1) is 0 Å². The number of rotatable bonds is 5. The number of morpholine rings is 1. The van der Waals surface area contributed by atoms with Crippen LogP contribution in [-0.2, 0) is 9.53 Å². The average Bonchev–Trinajstić information content (AvgIpc) is 2.52. The van der Waals surface area contributed by atoms with Crippen molar-refractivity contribution in [3.05, 3.63) is 35.4 Å². The molecule has 0 spiro atoms. The summed E-state index contributed by atoms with van der Waals surface area (Å²) >= 11 is 0. The Balaban J connectivity index is 1.74. The highest BCUT2D eigenvalue weighted by Crippen LogP contribution is 2.11. The molecule has 1 fully saturated rings.